The van der Waals surface area contributed by atoms with Crippen LogP contribution in [0.15, 0.2) is 0 Å². The second-order valence-electron chi connectivity index (χ2n) is 1.80. The molecule has 1 aliphatic rings. The van der Waals surface area contributed by atoms with Crippen LogP contribution >= 0.6 is 0 Å². The van der Waals surface area contributed by atoms with Gasteiger partial charge in [-0.05, 0) is 18.8 Å². The predicted octanol–water partition coefficient (Wildman–Crippen LogP) is 0.101. The highest BCUT2D eigenvalue weighted by Gasteiger charge is 2.22. The van der Waals surface area contributed by atoms with Gasteiger partial charge in [0.15, 0.2) is 0 Å². The van der Waals surface area contributed by atoms with Gasteiger partial charge in [-0.2, -0.15) is 0 Å². The van der Waals surface area contributed by atoms with E-state index in [0.717, 1.165) is 12.8 Å². The lowest BCUT2D eigenvalue weighted by molar-refractivity contribution is 0.391. The Morgan fingerprint density at radius 2 is 2.12 bits per heavy atom. The van der Waals surface area contributed by atoms with Crippen molar-refractivity contribution in [2.45, 2.75) is 12.8 Å². The molecule has 3 nitrogen and oxygen atoms in total. The molecule has 0 amide bonds. The third-order valence-corrected chi connectivity index (χ3v) is 1.26. The minimum Gasteiger partial charge on any atom is -0.266 e. The quantitative estimate of drug-likeness (QED) is 0.558. The molecular weight excluding hydrogens is 128 g/mol. The van der Waals surface area contributed by atoms with Crippen LogP contribution in [-0.4, -0.2) is 8.42 Å². The Hall–Kier alpha value is -0.0900. The maximum absolute atomic E-state index is 9.72. The average molecular weight is 135 g/mol. The standard InChI is InChI=1S/C4H7O3S/c5-8(6)7-3-4-1-2-4/h3-4,8H,1-2H2. The summed E-state index contributed by atoms with van der Waals surface area (Å²) in [6, 6.07) is 0. The fraction of sp³-hybridized carbons (Fsp3) is 0.750. The van der Waals surface area contributed by atoms with Gasteiger partial charge in [-0.25, -0.2) is 8.42 Å². The molecule has 0 bridgehead atoms. The van der Waals surface area contributed by atoms with Crippen LogP contribution in [0.2, 0.25) is 0 Å². The summed E-state index contributed by atoms with van der Waals surface area (Å²) in [6.45, 7) is 1.38. The van der Waals surface area contributed by atoms with Gasteiger partial charge in [-0.1, -0.05) is 0 Å². The second-order valence-corrected chi connectivity index (χ2v) is 2.46. The first-order valence-electron chi connectivity index (χ1n) is 2.43. The summed E-state index contributed by atoms with van der Waals surface area (Å²) >= 11 is 0. The molecule has 0 aliphatic heterocycles. The van der Waals surface area contributed by atoms with Crippen molar-refractivity contribution in [3.63, 3.8) is 0 Å². The molecule has 8 heavy (non-hydrogen) atoms. The molecular formula is C4H7O3S. The Morgan fingerprint density at radius 3 is 2.50 bits per heavy atom. The fourth-order valence-corrected chi connectivity index (χ4v) is 0.640. The maximum Gasteiger partial charge on any atom is 0.257 e. The molecule has 1 aliphatic carbocycles. The van der Waals surface area contributed by atoms with E-state index in [0.29, 0.717) is 5.92 Å². The Kier molecular flexibility index (Phi) is 1.85. The van der Waals surface area contributed by atoms with Crippen LogP contribution in [0, 0.1) is 12.5 Å². The molecule has 0 spiro atoms. The van der Waals surface area contributed by atoms with Gasteiger partial charge in [0.2, 0.25) is 0 Å². The molecule has 0 aromatic heterocycles. The smallest absolute Gasteiger partial charge is 0.257 e. The Morgan fingerprint density at radius 1 is 1.50 bits per heavy atom. The van der Waals surface area contributed by atoms with Gasteiger partial charge in [-0.3, -0.25) is 4.18 Å². The van der Waals surface area contributed by atoms with E-state index in [1.807, 2.05) is 0 Å². The molecule has 0 aromatic rings. The Balaban J connectivity index is 2.03. The van der Waals surface area contributed by atoms with Gasteiger partial charge in [0.25, 0.3) is 11.0 Å². The van der Waals surface area contributed by atoms with Crippen LogP contribution in [0.1, 0.15) is 12.8 Å². The van der Waals surface area contributed by atoms with E-state index in [9.17, 15) is 8.42 Å². The zero-order valence-corrected chi connectivity index (χ0v) is 5.14. The lowest BCUT2D eigenvalue weighted by Crippen LogP contribution is -1.84. The summed E-state index contributed by atoms with van der Waals surface area (Å²) in [7, 11) is -2.65. The van der Waals surface area contributed by atoms with Gasteiger partial charge < -0.3 is 0 Å². The number of hydrogen-bond donors (Lipinski definition) is 1. The lowest BCUT2D eigenvalue weighted by atomic mass is 10.5. The molecule has 1 rings (SSSR count). The summed E-state index contributed by atoms with van der Waals surface area (Å²) in [4.78, 5) is 0. The normalized spacial score (nSPS) is 19.6. The molecule has 1 saturated carbocycles. The Labute approximate surface area is 49.8 Å². The van der Waals surface area contributed by atoms with Crippen molar-refractivity contribution in [3.05, 3.63) is 6.61 Å². The molecule has 0 heterocycles. The van der Waals surface area contributed by atoms with Crippen LogP contribution in [0.25, 0.3) is 0 Å². The van der Waals surface area contributed by atoms with Crippen LogP contribution < -0.4 is 0 Å². The van der Waals surface area contributed by atoms with Gasteiger partial charge in [0.05, 0.1) is 0 Å². The van der Waals surface area contributed by atoms with E-state index in [-0.39, 0.29) is 0 Å². The van der Waals surface area contributed by atoms with Gasteiger partial charge in [0, 0.05) is 0 Å². The topological polar surface area (TPSA) is 43.4 Å². The second kappa shape index (κ2) is 2.46. The summed E-state index contributed by atoms with van der Waals surface area (Å²) < 4.78 is 23.6. The molecule has 0 saturated heterocycles. The minimum atomic E-state index is -2.65. The first kappa shape index (κ1) is 6.04. The summed E-state index contributed by atoms with van der Waals surface area (Å²) in [6.07, 6.45) is 2.15. The molecule has 47 valence electrons. The third kappa shape index (κ3) is 2.28. The van der Waals surface area contributed by atoms with Crippen molar-refractivity contribution in [1.82, 2.24) is 0 Å². The van der Waals surface area contributed by atoms with Gasteiger partial charge in [-0.15, -0.1) is 0 Å². The van der Waals surface area contributed by atoms with Crippen LogP contribution in [0.3, 0.4) is 0 Å². The maximum atomic E-state index is 9.72. The van der Waals surface area contributed by atoms with Gasteiger partial charge in [0.1, 0.15) is 6.61 Å². The predicted molar refractivity (Wildman–Crippen MR) is 28.4 cm³/mol. The molecule has 0 aromatic carbocycles. The average Bonchev–Trinajstić information content (AvgIpc) is 2.41. The van der Waals surface area contributed by atoms with E-state index >= 15 is 0 Å². The monoisotopic (exact) mass is 135 g/mol. The lowest BCUT2D eigenvalue weighted by Gasteiger charge is -1.85. The summed E-state index contributed by atoms with van der Waals surface area (Å²) in [5.74, 6) is 0.405. The van der Waals surface area contributed by atoms with Crippen LogP contribution in [-0.2, 0) is 15.2 Å². The van der Waals surface area contributed by atoms with Crippen molar-refractivity contribution >= 4 is 11.0 Å². The SMILES string of the molecule is O=[SH](=O)O[CH]C1CC1. The highest BCUT2D eigenvalue weighted by atomic mass is 32.2. The molecule has 1 fully saturated rings. The van der Waals surface area contributed by atoms with Crippen molar-refractivity contribution in [2.75, 3.05) is 0 Å². The zero-order chi connectivity index (χ0) is 5.98. The van der Waals surface area contributed by atoms with Crippen molar-refractivity contribution in [1.29, 1.82) is 0 Å². The van der Waals surface area contributed by atoms with Crippen LogP contribution in [0.5, 0.6) is 0 Å². The highest BCUT2D eigenvalue weighted by molar-refractivity contribution is 7.67. The zero-order valence-electron chi connectivity index (χ0n) is 4.24. The van der Waals surface area contributed by atoms with E-state index in [1.165, 1.54) is 6.61 Å². The van der Waals surface area contributed by atoms with E-state index in [1.54, 1.807) is 0 Å². The minimum absolute atomic E-state index is 0.405. The van der Waals surface area contributed by atoms with Crippen molar-refractivity contribution in [2.24, 2.45) is 5.92 Å². The largest absolute Gasteiger partial charge is 0.266 e. The highest BCUT2D eigenvalue weighted by Crippen LogP contribution is 2.31. The van der Waals surface area contributed by atoms with E-state index < -0.39 is 11.0 Å². The van der Waals surface area contributed by atoms with E-state index in [2.05, 4.69) is 4.18 Å². The number of hydrogen-bond acceptors (Lipinski definition) is 3. The molecule has 0 unspecified atom stereocenters. The Bertz CT molecular complexity index is 128. The first-order chi connectivity index (χ1) is 3.79. The number of rotatable bonds is 3. The van der Waals surface area contributed by atoms with Crippen molar-refractivity contribution < 1.29 is 12.6 Å². The third-order valence-electron chi connectivity index (χ3n) is 0.961. The summed E-state index contributed by atoms with van der Waals surface area (Å²) in [5.41, 5.74) is 0. The first-order valence-corrected chi connectivity index (χ1v) is 3.53. The van der Waals surface area contributed by atoms with Crippen LogP contribution in [0.4, 0.5) is 0 Å². The fourth-order valence-electron chi connectivity index (χ4n) is 0.368. The van der Waals surface area contributed by atoms with E-state index in [4.69, 9.17) is 0 Å². The molecule has 4 heteroatoms. The number of thiol groups is 1. The van der Waals surface area contributed by atoms with Crippen molar-refractivity contribution in [3.8, 4) is 0 Å². The molecule has 1 radical (unpaired) electrons. The summed E-state index contributed by atoms with van der Waals surface area (Å²) in [5, 5.41) is 0. The molecule has 0 N–H and O–H groups in total. The van der Waals surface area contributed by atoms with Gasteiger partial charge >= 0.3 is 0 Å². The molecule has 0 atom stereocenters.